The molecule has 4 rings (SSSR count). The molecular formula is C26H28N2O3S. The van der Waals surface area contributed by atoms with E-state index in [1.807, 2.05) is 54.6 Å². The summed E-state index contributed by atoms with van der Waals surface area (Å²) >= 11 is 0. The maximum Gasteiger partial charge on any atom is 0.243 e. The molecule has 1 aliphatic rings. The summed E-state index contributed by atoms with van der Waals surface area (Å²) in [5, 5.41) is 0. The van der Waals surface area contributed by atoms with Crippen LogP contribution in [0.1, 0.15) is 36.8 Å². The van der Waals surface area contributed by atoms with Crippen molar-refractivity contribution in [1.82, 2.24) is 4.31 Å². The highest BCUT2D eigenvalue weighted by Gasteiger charge is 2.24. The summed E-state index contributed by atoms with van der Waals surface area (Å²) < 4.78 is 33.2. The Balaban J connectivity index is 1.36. The molecule has 0 bridgehead atoms. The van der Waals surface area contributed by atoms with Crippen LogP contribution in [-0.2, 0) is 16.6 Å². The highest BCUT2D eigenvalue weighted by atomic mass is 32.2. The SMILES string of the molecule is O=S(=O)(c1ccc(N=Cc2ccc(OCc3ccccc3)cc2)cc1)N1CCCCCC1. The van der Waals surface area contributed by atoms with E-state index in [4.69, 9.17) is 4.74 Å². The molecule has 3 aromatic rings. The van der Waals surface area contributed by atoms with Gasteiger partial charge < -0.3 is 4.74 Å². The second-order valence-corrected chi connectivity index (χ2v) is 9.85. The maximum absolute atomic E-state index is 12.9. The van der Waals surface area contributed by atoms with Gasteiger partial charge in [0, 0.05) is 19.3 Å². The molecule has 0 amide bonds. The largest absolute Gasteiger partial charge is 0.489 e. The van der Waals surface area contributed by atoms with Gasteiger partial charge in [-0.1, -0.05) is 43.2 Å². The maximum atomic E-state index is 12.9. The predicted octanol–water partition coefficient (Wildman–Crippen LogP) is 5.58. The van der Waals surface area contributed by atoms with Crippen molar-refractivity contribution < 1.29 is 13.2 Å². The first-order chi connectivity index (χ1) is 15.6. The van der Waals surface area contributed by atoms with Crippen molar-refractivity contribution in [3.63, 3.8) is 0 Å². The molecule has 1 saturated heterocycles. The molecule has 0 atom stereocenters. The number of rotatable bonds is 7. The van der Waals surface area contributed by atoms with E-state index in [1.54, 1.807) is 34.8 Å². The Morgan fingerprint density at radius 3 is 2.12 bits per heavy atom. The summed E-state index contributed by atoms with van der Waals surface area (Å²) in [4.78, 5) is 4.81. The third-order valence-corrected chi connectivity index (χ3v) is 7.44. The Kier molecular flexibility index (Phi) is 7.35. The highest BCUT2D eigenvalue weighted by Crippen LogP contribution is 2.23. The minimum atomic E-state index is -3.43. The Morgan fingerprint density at radius 2 is 1.47 bits per heavy atom. The first kappa shape index (κ1) is 22.2. The number of hydrogen-bond acceptors (Lipinski definition) is 4. The number of benzene rings is 3. The molecule has 3 aromatic carbocycles. The Hall–Kier alpha value is -2.96. The zero-order valence-corrected chi connectivity index (χ0v) is 18.9. The normalized spacial score (nSPS) is 15.5. The molecule has 6 heteroatoms. The van der Waals surface area contributed by atoms with E-state index in [2.05, 4.69) is 4.99 Å². The van der Waals surface area contributed by atoms with Crippen molar-refractivity contribution in [2.75, 3.05) is 13.1 Å². The molecule has 32 heavy (non-hydrogen) atoms. The lowest BCUT2D eigenvalue weighted by Crippen LogP contribution is -2.31. The summed E-state index contributed by atoms with van der Waals surface area (Å²) in [5.74, 6) is 0.800. The average molecular weight is 449 g/mol. The van der Waals surface area contributed by atoms with Crippen molar-refractivity contribution in [3.8, 4) is 5.75 Å². The molecule has 0 unspecified atom stereocenters. The minimum Gasteiger partial charge on any atom is -0.489 e. The predicted molar refractivity (Wildman–Crippen MR) is 128 cm³/mol. The van der Waals surface area contributed by atoms with Crippen LogP contribution < -0.4 is 4.74 Å². The van der Waals surface area contributed by atoms with Crippen LogP contribution in [0, 0.1) is 0 Å². The molecule has 1 aliphatic heterocycles. The molecule has 1 fully saturated rings. The molecule has 1 heterocycles. The van der Waals surface area contributed by atoms with Crippen LogP contribution in [0.15, 0.2) is 88.8 Å². The van der Waals surface area contributed by atoms with Crippen LogP contribution >= 0.6 is 0 Å². The molecule has 0 saturated carbocycles. The van der Waals surface area contributed by atoms with Crippen molar-refractivity contribution in [3.05, 3.63) is 90.0 Å². The highest BCUT2D eigenvalue weighted by molar-refractivity contribution is 7.89. The zero-order chi connectivity index (χ0) is 22.2. The van der Waals surface area contributed by atoms with Crippen molar-refractivity contribution >= 4 is 21.9 Å². The van der Waals surface area contributed by atoms with Gasteiger partial charge in [0.25, 0.3) is 0 Å². The Morgan fingerprint density at radius 1 is 0.812 bits per heavy atom. The van der Waals surface area contributed by atoms with E-state index in [0.29, 0.717) is 30.3 Å². The van der Waals surface area contributed by atoms with Crippen LogP contribution in [0.5, 0.6) is 5.75 Å². The van der Waals surface area contributed by atoms with Crippen molar-refractivity contribution in [2.24, 2.45) is 4.99 Å². The van der Waals surface area contributed by atoms with E-state index in [1.165, 1.54) is 0 Å². The smallest absolute Gasteiger partial charge is 0.243 e. The van der Waals surface area contributed by atoms with Gasteiger partial charge in [0.15, 0.2) is 0 Å². The summed E-state index contributed by atoms with van der Waals surface area (Å²) in [6.07, 6.45) is 5.81. The van der Waals surface area contributed by atoms with Crippen LogP contribution in [0.2, 0.25) is 0 Å². The van der Waals surface area contributed by atoms with E-state index >= 15 is 0 Å². The lowest BCUT2D eigenvalue weighted by Gasteiger charge is -2.19. The molecular weight excluding hydrogens is 420 g/mol. The summed E-state index contributed by atoms with van der Waals surface area (Å²) in [5.41, 5.74) is 2.78. The number of aliphatic imine (C=N–C) groups is 1. The van der Waals surface area contributed by atoms with Crippen molar-refractivity contribution in [2.45, 2.75) is 37.2 Å². The van der Waals surface area contributed by atoms with Gasteiger partial charge in [0.2, 0.25) is 10.0 Å². The van der Waals surface area contributed by atoms with E-state index in [-0.39, 0.29) is 0 Å². The summed E-state index contributed by atoms with van der Waals surface area (Å²) in [6.45, 7) is 1.74. The van der Waals surface area contributed by atoms with Gasteiger partial charge in [-0.2, -0.15) is 4.31 Å². The molecule has 0 aromatic heterocycles. The van der Waals surface area contributed by atoms with Gasteiger partial charge in [-0.25, -0.2) is 8.42 Å². The molecule has 0 N–H and O–H groups in total. The Labute approximate surface area is 190 Å². The molecule has 166 valence electrons. The van der Waals surface area contributed by atoms with Crippen LogP contribution in [0.25, 0.3) is 0 Å². The fourth-order valence-corrected chi connectivity index (χ4v) is 5.19. The second kappa shape index (κ2) is 10.6. The van der Waals surface area contributed by atoms with Gasteiger partial charge >= 0.3 is 0 Å². The zero-order valence-electron chi connectivity index (χ0n) is 18.1. The number of sulfonamides is 1. The lowest BCUT2D eigenvalue weighted by molar-refractivity contribution is 0.306. The summed E-state index contributed by atoms with van der Waals surface area (Å²) in [7, 11) is -3.43. The van der Waals surface area contributed by atoms with Gasteiger partial charge in [-0.15, -0.1) is 0 Å². The van der Waals surface area contributed by atoms with E-state index < -0.39 is 10.0 Å². The Bertz CT molecular complexity index is 1120. The van der Waals surface area contributed by atoms with E-state index in [9.17, 15) is 8.42 Å². The minimum absolute atomic E-state index is 0.332. The van der Waals surface area contributed by atoms with Crippen LogP contribution in [-0.4, -0.2) is 32.0 Å². The second-order valence-electron chi connectivity index (χ2n) is 7.91. The fourth-order valence-electron chi connectivity index (χ4n) is 3.68. The monoisotopic (exact) mass is 448 g/mol. The number of ether oxygens (including phenoxy) is 1. The quantitative estimate of drug-likeness (QED) is 0.443. The molecule has 0 aliphatic carbocycles. The van der Waals surface area contributed by atoms with Crippen molar-refractivity contribution in [1.29, 1.82) is 0 Å². The third kappa shape index (κ3) is 5.84. The van der Waals surface area contributed by atoms with Gasteiger partial charge in [0.05, 0.1) is 10.6 Å². The summed E-state index contributed by atoms with van der Waals surface area (Å²) in [6, 6.07) is 24.6. The molecule has 5 nitrogen and oxygen atoms in total. The average Bonchev–Trinajstić information content (AvgIpc) is 3.13. The number of hydrogen-bond donors (Lipinski definition) is 0. The molecule has 0 spiro atoms. The molecule has 0 radical (unpaired) electrons. The third-order valence-electron chi connectivity index (χ3n) is 5.53. The van der Waals surface area contributed by atoms with Crippen LogP contribution in [0.4, 0.5) is 5.69 Å². The fraction of sp³-hybridized carbons (Fsp3) is 0.269. The first-order valence-corrected chi connectivity index (χ1v) is 12.5. The topological polar surface area (TPSA) is 59.0 Å². The van der Waals surface area contributed by atoms with Gasteiger partial charge in [-0.3, -0.25) is 4.99 Å². The van der Waals surface area contributed by atoms with Gasteiger partial charge in [0.1, 0.15) is 12.4 Å². The first-order valence-electron chi connectivity index (χ1n) is 11.0. The van der Waals surface area contributed by atoms with E-state index in [0.717, 1.165) is 42.6 Å². The van der Waals surface area contributed by atoms with Crippen LogP contribution in [0.3, 0.4) is 0 Å². The van der Waals surface area contributed by atoms with Gasteiger partial charge in [-0.05, 0) is 72.5 Å². The standard InChI is InChI=1S/C26H28N2O3S/c29-32(30,28-18-6-1-2-7-19-28)26-16-12-24(13-17-26)27-20-22-10-14-25(15-11-22)31-21-23-8-4-3-5-9-23/h3-5,8-17,20H,1-2,6-7,18-19,21H2. The number of nitrogens with zero attached hydrogens (tertiary/aromatic N) is 2. The lowest BCUT2D eigenvalue weighted by atomic mass is 10.2.